The molecule has 7 heteroatoms. The number of hydrogen-bond donors (Lipinski definition) is 0. The number of benzene rings is 2. The van der Waals surface area contributed by atoms with Gasteiger partial charge in [-0.05, 0) is 75.0 Å². The van der Waals surface area contributed by atoms with E-state index >= 15 is 0 Å². The Balaban J connectivity index is 1.29. The second kappa shape index (κ2) is 16.6. The van der Waals surface area contributed by atoms with E-state index in [1.54, 1.807) is 24.3 Å². The second-order valence-electron chi connectivity index (χ2n) is 11.7. The number of allylic oxidation sites excluding steroid dienone is 2. The van der Waals surface area contributed by atoms with E-state index < -0.39 is 5.97 Å². The lowest BCUT2D eigenvalue weighted by Gasteiger charge is -2.32. The fourth-order valence-electron chi connectivity index (χ4n) is 6.29. The summed E-state index contributed by atoms with van der Waals surface area (Å²) in [6.07, 6.45) is 11.7. The molecule has 2 aromatic rings. The molecule has 0 radical (unpaired) electrons. The minimum Gasteiger partial charge on any atom is -0.466 e. The normalized spacial score (nSPS) is 18.4. The first-order valence-corrected chi connectivity index (χ1v) is 16.3. The van der Waals surface area contributed by atoms with Gasteiger partial charge in [-0.2, -0.15) is 0 Å². The molecule has 43 heavy (non-hydrogen) atoms. The van der Waals surface area contributed by atoms with Crippen molar-refractivity contribution < 1.29 is 28.7 Å². The zero-order valence-corrected chi connectivity index (χ0v) is 26.0. The van der Waals surface area contributed by atoms with Crippen LogP contribution in [0.5, 0.6) is 0 Å². The molecule has 2 aromatic carbocycles. The third-order valence-corrected chi connectivity index (χ3v) is 8.87. The molecule has 0 atom stereocenters. The molecule has 0 bridgehead atoms. The molecule has 0 aromatic heterocycles. The quantitative estimate of drug-likeness (QED) is 0.148. The summed E-state index contributed by atoms with van der Waals surface area (Å²) < 4.78 is 10.7. The van der Waals surface area contributed by atoms with E-state index in [9.17, 15) is 19.2 Å². The van der Waals surface area contributed by atoms with E-state index in [0.717, 1.165) is 70.6 Å². The fourth-order valence-corrected chi connectivity index (χ4v) is 6.42. The van der Waals surface area contributed by atoms with Crippen LogP contribution in [0.4, 0.5) is 0 Å². The Labute approximate surface area is 260 Å². The number of hydrogen-bond acceptors (Lipinski definition) is 6. The van der Waals surface area contributed by atoms with Crippen LogP contribution >= 0.6 is 11.6 Å². The number of ketones is 2. The molecular formula is C36H43ClO6. The van der Waals surface area contributed by atoms with Crippen molar-refractivity contribution in [1.29, 1.82) is 0 Å². The number of fused-ring (bicyclic) bond motifs is 1. The summed E-state index contributed by atoms with van der Waals surface area (Å²) in [6, 6.07) is 14.7. The molecule has 230 valence electrons. The zero-order valence-electron chi connectivity index (χ0n) is 25.2. The first kappa shape index (κ1) is 32.7. The number of carbonyl (C=O) groups is 4. The molecule has 2 aliphatic rings. The average Bonchev–Trinajstić information content (AvgIpc) is 3.01. The fraction of sp³-hybridized carbons (Fsp3) is 0.500. The van der Waals surface area contributed by atoms with E-state index in [4.69, 9.17) is 21.1 Å². The maximum absolute atomic E-state index is 13.7. The van der Waals surface area contributed by atoms with Crippen LogP contribution in [0.15, 0.2) is 59.9 Å². The summed E-state index contributed by atoms with van der Waals surface area (Å²) >= 11 is 6.07. The van der Waals surface area contributed by atoms with Gasteiger partial charge in [0, 0.05) is 29.0 Å². The number of Topliss-reactive ketones (excluding diaryl/α,β-unsaturated/α-hetero) is 2. The third-order valence-electron chi connectivity index (χ3n) is 8.62. The Hall–Kier alpha value is -3.25. The Morgan fingerprint density at radius 3 is 1.79 bits per heavy atom. The number of carbonyl (C=O) groups excluding carboxylic acids is 4. The lowest BCUT2D eigenvalue weighted by Crippen LogP contribution is -2.30. The first-order chi connectivity index (χ1) is 20.9. The smallest absolute Gasteiger partial charge is 0.311 e. The van der Waals surface area contributed by atoms with Crippen molar-refractivity contribution >= 4 is 35.1 Å². The summed E-state index contributed by atoms with van der Waals surface area (Å²) in [5.41, 5.74) is 2.29. The predicted molar refractivity (Wildman–Crippen MR) is 167 cm³/mol. The van der Waals surface area contributed by atoms with Crippen LogP contribution in [0.2, 0.25) is 5.02 Å². The summed E-state index contributed by atoms with van der Waals surface area (Å²) in [5, 5.41) is 0.707. The van der Waals surface area contributed by atoms with E-state index in [1.807, 2.05) is 19.1 Å². The lowest BCUT2D eigenvalue weighted by atomic mass is 9.72. The SMILES string of the molecule is CCOC(=O)CCCCCCCCCCC(=O)OC1=C(C2CCC(c3ccc(Cl)cc3)CC2)C(=O)c2ccccc2C1=O. The van der Waals surface area contributed by atoms with Gasteiger partial charge in [0.2, 0.25) is 5.78 Å². The highest BCUT2D eigenvalue weighted by Crippen LogP contribution is 2.42. The summed E-state index contributed by atoms with van der Waals surface area (Å²) in [5.74, 6) is -0.980. The number of esters is 2. The van der Waals surface area contributed by atoms with Gasteiger partial charge >= 0.3 is 11.9 Å². The van der Waals surface area contributed by atoms with Crippen LogP contribution in [0, 0.1) is 5.92 Å². The standard InChI is InChI=1S/C36H43ClO6/c1-2-42-31(38)15-9-7-5-3-4-6-8-10-16-32(39)43-36-33(34(40)29-13-11-12-14-30(29)35(36)41)27-19-17-25(18-20-27)26-21-23-28(37)24-22-26/h11-14,21-25,27H,2-10,15-20H2,1H3. The molecule has 0 heterocycles. The molecule has 0 spiro atoms. The van der Waals surface area contributed by atoms with Gasteiger partial charge in [-0.3, -0.25) is 19.2 Å². The van der Waals surface area contributed by atoms with Crippen LogP contribution in [0.3, 0.4) is 0 Å². The highest BCUT2D eigenvalue weighted by Gasteiger charge is 2.39. The van der Waals surface area contributed by atoms with Crippen LogP contribution in [-0.4, -0.2) is 30.1 Å². The van der Waals surface area contributed by atoms with Crippen LogP contribution < -0.4 is 0 Å². The summed E-state index contributed by atoms with van der Waals surface area (Å²) in [4.78, 5) is 51.5. The van der Waals surface area contributed by atoms with Crippen LogP contribution in [0.25, 0.3) is 0 Å². The largest absolute Gasteiger partial charge is 0.466 e. The van der Waals surface area contributed by atoms with Gasteiger partial charge in [-0.15, -0.1) is 0 Å². The molecule has 6 nitrogen and oxygen atoms in total. The third kappa shape index (κ3) is 9.12. The van der Waals surface area contributed by atoms with Crippen molar-refractivity contribution in [2.75, 3.05) is 6.61 Å². The highest BCUT2D eigenvalue weighted by atomic mass is 35.5. The van der Waals surface area contributed by atoms with Gasteiger partial charge in [-0.25, -0.2) is 0 Å². The second-order valence-corrected chi connectivity index (χ2v) is 12.1. The Morgan fingerprint density at radius 2 is 1.21 bits per heavy atom. The van der Waals surface area contributed by atoms with Gasteiger partial charge in [0.15, 0.2) is 11.5 Å². The predicted octanol–water partition coefficient (Wildman–Crippen LogP) is 8.95. The van der Waals surface area contributed by atoms with Crippen molar-refractivity contribution in [3.8, 4) is 0 Å². The van der Waals surface area contributed by atoms with Gasteiger partial charge in [0.25, 0.3) is 0 Å². The molecule has 1 fully saturated rings. The number of halogens is 1. The lowest BCUT2D eigenvalue weighted by molar-refractivity contribution is -0.143. The summed E-state index contributed by atoms with van der Waals surface area (Å²) in [6.45, 7) is 2.25. The van der Waals surface area contributed by atoms with Gasteiger partial charge < -0.3 is 9.47 Å². The molecule has 0 aliphatic heterocycles. The highest BCUT2D eigenvalue weighted by molar-refractivity contribution is 6.30. The van der Waals surface area contributed by atoms with Crippen molar-refractivity contribution in [3.63, 3.8) is 0 Å². The monoisotopic (exact) mass is 606 g/mol. The van der Waals surface area contributed by atoms with Crippen molar-refractivity contribution in [1.82, 2.24) is 0 Å². The molecule has 4 rings (SSSR count). The van der Waals surface area contributed by atoms with E-state index in [1.165, 1.54) is 5.56 Å². The number of rotatable bonds is 15. The minimum atomic E-state index is -0.457. The first-order valence-electron chi connectivity index (χ1n) is 15.9. The Morgan fingerprint density at radius 1 is 0.698 bits per heavy atom. The van der Waals surface area contributed by atoms with Crippen LogP contribution in [-0.2, 0) is 19.1 Å². The molecular weight excluding hydrogens is 564 g/mol. The number of ether oxygens (including phenoxy) is 2. The molecule has 2 aliphatic carbocycles. The zero-order chi connectivity index (χ0) is 30.6. The maximum Gasteiger partial charge on any atom is 0.311 e. The van der Waals surface area contributed by atoms with E-state index in [0.29, 0.717) is 47.1 Å². The van der Waals surface area contributed by atoms with Gasteiger partial charge in [0.05, 0.1) is 12.2 Å². The van der Waals surface area contributed by atoms with E-state index in [-0.39, 0.29) is 35.6 Å². The molecule has 0 amide bonds. The summed E-state index contributed by atoms with van der Waals surface area (Å²) in [7, 11) is 0. The molecule has 0 N–H and O–H groups in total. The van der Waals surface area contributed by atoms with Crippen molar-refractivity contribution in [2.45, 2.75) is 103 Å². The van der Waals surface area contributed by atoms with Crippen LogP contribution in [0.1, 0.15) is 129 Å². The van der Waals surface area contributed by atoms with Crippen molar-refractivity contribution in [3.05, 3.63) is 81.6 Å². The van der Waals surface area contributed by atoms with Gasteiger partial charge in [0.1, 0.15) is 0 Å². The molecule has 0 saturated heterocycles. The topological polar surface area (TPSA) is 86.7 Å². The maximum atomic E-state index is 13.7. The molecule has 1 saturated carbocycles. The van der Waals surface area contributed by atoms with E-state index in [2.05, 4.69) is 12.1 Å². The van der Waals surface area contributed by atoms with Crippen molar-refractivity contribution in [2.24, 2.45) is 5.92 Å². The minimum absolute atomic E-state index is 0.0635. The number of unbranched alkanes of at least 4 members (excludes halogenated alkanes) is 7. The Bertz CT molecular complexity index is 1300. The Kier molecular flexibility index (Phi) is 12.6. The van der Waals surface area contributed by atoms with Gasteiger partial charge in [-0.1, -0.05) is 86.5 Å². The average molecular weight is 607 g/mol. The molecule has 0 unspecified atom stereocenters.